The third-order valence-corrected chi connectivity index (χ3v) is 7.92. The molecule has 2 aromatic rings. The average Bonchev–Trinajstić information content (AvgIpc) is 3.34. The highest BCUT2D eigenvalue weighted by atomic mass is 32.2. The number of nitrogens with zero attached hydrogens (tertiary/aromatic N) is 1. The Morgan fingerprint density at radius 2 is 2.00 bits per heavy atom. The van der Waals surface area contributed by atoms with Crippen LogP contribution in [0.15, 0.2) is 58.0 Å². The highest BCUT2D eigenvalue weighted by Gasteiger charge is 2.34. The first-order valence-corrected chi connectivity index (χ1v) is 13.4. The van der Waals surface area contributed by atoms with Crippen molar-refractivity contribution in [3.8, 4) is 0 Å². The Morgan fingerprint density at radius 1 is 1.22 bits per heavy atom. The standard InChI is InChI=1S/C22H29N3O5S2/c1-31-14-11-20(22(27)23-15-18-8-6-13-30-18)24-21(26)17-7-5-12-25(16-17)32(28,29)19-9-3-2-4-10-19/h2-4,6,8-10,13,17,20H,5,7,11-12,14-16H2,1H3,(H,23,27)(H,24,26)/t17-,20+/m0/s1. The van der Waals surface area contributed by atoms with Gasteiger partial charge in [0.05, 0.1) is 23.6 Å². The number of furan rings is 1. The van der Waals surface area contributed by atoms with E-state index in [0.29, 0.717) is 37.3 Å². The van der Waals surface area contributed by atoms with Crippen molar-refractivity contribution in [3.05, 3.63) is 54.5 Å². The third kappa shape index (κ3) is 6.36. The van der Waals surface area contributed by atoms with Gasteiger partial charge in [0.2, 0.25) is 21.8 Å². The van der Waals surface area contributed by atoms with E-state index in [-0.39, 0.29) is 29.8 Å². The van der Waals surface area contributed by atoms with Crippen LogP contribution in [0.3, 0.4) is 0 Å². The van der Waals surface area contributed by atoms with Crippen LogP contribution in [-0.2, 0) is 26.2 Å². The molecule has 0 spiro atoms. The fraction of sp³-hybridized carbons (Fsp3) is 0.455. The summed E-state index contributed by atoms with van der Waals surface area (Å²) >= 11 is 1.59. The SMILES string of the molecule is CSCC[C@@H](NC(=O)[C@H]1CCCN(S(=O)(=O)c2ccccc2)C1)C(=O)NCc1ccco1. The van der Waals surface area contributed by atoms with E-state index in [1.54, 1.807) is 54.2 Å². The average molecular weight is 480 g/mol. The van der Waals surface area contributed by atoms with Crippen molar-refractivity contribution >= 4 is 33.6 Å². The number of hydrogen-bond donors (Lipinski definition) is 2. The first-order valence-electron chi connectivity index (χ1n) is 10.6. The number of rotatable bonds is 10. The molecule has 10 heteroatoms. The Hall–Kier alpha value is -2.30. The van der Waals surface area contributed by atoms with Crippen molar-refractivity contribution in [3.63, 3.8) is 0 Å². The van der Waals surface area contributed by atoms with Crippen LogP contribution >= 0.6 is 11.8 Å². The topological polar surface area (TPSA) is 109 Å². The summed E-state index contributed by atoms with van der Waals surface area (Å²) in [5.41, 5.74) is 0. The molecule has 2 heterocycles. The molecule has 1 aliphatic heterocycles. The van der Waals surface area contributed by atoms with Gasteiger partial charge in [-0.05, 0) is 55.5 Å². The van der Waals surface area contributed by atoms with Gasteiger partial charge in [0, 0.05) is 13.1 Å². The van der Waals surface area contributed by atoms with Crippen LogP contribution in [0.2, 0.25) is 0 Å². The summed E-state index contributed by atoms with van der Waals surface area (Å²) < 4.78 is 32.5. The highest BCUT2D eigenvalue weighted by molar-refractivity contribution is 7.98. The van der Waals surface area contributed by atoms with Crippen molar-refractivity contribution in [2.24, 2.45) is 5.92 Å². The quantitative estimate of drug-likeness (QED) is 0.541. The van der Waals surface area contributed by atoms with Crippen LogP contribution < -0.4 is 10.6 Å². The summed E-state index contributed by atoms with van der Waals surface area (Å²) in [6.45, 7) is 0.719. The molecule has 1 aliphatic rings. The number of thioether (sulfide) groups is 1. The van der Waals surface area contributed by atoms with Crippen LogP contribution in [0.25, 0.3) is 0 Å². The van der Waals surface area contributed by atoms with Crippen LogP contribution in [-0.4, -0.2) is 55.7 Å². The second kappa shape index (κ2) is 11.5. The number of carbonyl (C=O) groups is 2. The predicted molar refractivity (Wildman–Crippen MR) is 123 cm³/mol. The molecule has 0 bridgehead atoms. The molecule has 3 rings (SSSR count). The Labute approximate surface area is 193 Å². The molecule has 174 valence electrons. The van der Waals surface area contributed by atoms with Gasteiger partial charge >= 0.3 is 0 Å². The van der Waals surface area contributed by atoms with Gasteiger partial charge in [-0.25, -0.2) is 8.42 Å². The van der Waals surface area contributed by atoms with E-state index in [4.69, 9.17) is 4.42 Å². The minimum atomic E-state index is -3.66. The van der Waals surface area contributed by atoms with Crippen molar-refractivity contribution in [2.75, 3.05) is 25.1 Å². The number of benzene rings is 1. The maximum atomic E-state index is 13.0. The van der Waals surface area contributed by atoms with Crippen LogP contribution in [0.4, 0.5) is 0 Å². The van der Waals surface area contributed by atoms with Crippen LogP contribution in [0.1, 0.15) is 25.0 Å². The number of piperidine rings is 1. The molecule has 32 heavy (non-hydrogen) atoms. The number of amides is 2. The predicted octanol–water partition coefficient (Wildman–Crippen LogP) is 2.23. The van der Waals surface area contributed by atoms with E-state index < -0.39 is 22.0 Å². The first kappa shape index (κ1) is 24.3. The fourth-order valence-corrected chi connectivity index (χ4v) is 5.64. The van der Waals surface area contributed by atoms with Crippen LogP contribution in [0.5, 0.6) is 0 Å². The lowest BCUT2D eigenvalue weighted by atomic mass is 9.98. The number of carbonyl (C=O) groups excluding carboxylic acids is 2. The molecule has 1 saturated heterocycles. The summed E-state index contributed by atoms with van der Waals surface area (Å²) in [4.78, 5) is 25.9. The van der Waals surface area contributed by atoms with Gasteiger partial charge in [0.1, 0.15) is 11.8 Å². The van der Waals surface area contributed by atoms with E-state index in [1.165, 1.54) is 10.6 Å². The number of sulfonamides is 1. The molecule has 0 radical (unpaired) electrons. The zero-order chi connectivity index (χ0) is 23.0. The van der Waals surface area contributed by atoms with E-state index >= 15 is 0 Å². The summed E-state index contributed by atoms with van der Waals surface area (Å²) in [5.74, 6) is 0.253. The molecule has 1 aromatic carbocycles. The largest absolute Gasteiger partial charge is 0.467 e. The summed E-state index contributed by atoms with van der Waals surface area (Å²) in [6.07, 6.45) is 5.12. The molecule has 8 nitrogen and oxygen atoms in total. The summed E-state index contributed by atoms with van der Waals surface area (Å²) in [5, 5.41) is 5.64. The molecule has 0 saturated carbocycles. The number of nitrogens with one attached hydrogen (secondary N) is 2. The lowest BCUT2D eigenvalue weighted by Crippen LogP contribution is -2.51. The Kier molecular flexibility index (Phi) is 8.77. The molecule has 1 fully saturated rings. The van der Waals surface area contributed by atoms with Crippen LogP contribution in [0, 0.1) is 5.92 Å². The molecule has 0 unspecified atom stereocenters. The fourth-order valence-electron chi connectivity index (χ4n) is 3.62. The monoisotopic (exact) mass is 479 g/mol. The van der Waals surface area contributed by atoms with Crippen molar-refractivity contribution in [1.82, 2.24) is 14.9 Å². The maximum absolute atomic E-state index is 13.0. The molecule has 2 N–H and O–H groups in total. The Bertz CT molecular complexity index is 980. The minimum Gasteiger partial charge on any atom is -0.467 e. The second-order valence-corrected chi connectivity index (χ2v) is 10.6. The summed E-state index contributed by atoms with van der Waals surface area (Å²) in [7, 11) is -3.66. The highest BCUT2D eigenvalue weighted by Crippen LogP contribution is 2.24. The van der Waals surface area contributed by atoms with Gasteiger partial charge < -0.3 is 15.1 Å². The van der Waals surface area contributed by atoms with Gasteiger partial charge in [-0.2, -0.15) is 16.1 Å². The Balaban J connectivity index is 1.62. The van der Waals surface area contributed by atoms with E-state index in [1.807, 2.05) is 6.26 Å². The zero-order valence-corrected chi connectivity index (χ0v) is 19.7. The Morgan fingerprint density at radius 3 is 2.69 bits per heavy atom. The molecule has 0 aliphatic carbocycles. The van der Waals surface area contributed by atoms with Gasteiger partial charge in [-0.15, -0.1) is 0 Å². The second-order valence-electron chi connectivity index (χ2n) is 7.66. The van der Waals surface area contributed by atoms with E-state index in [2.05, 4.69) is 10.6 Å². The molecular formula is C22H29N3O5S2. The molecule has 2 atom stereocenters. The van der Waals surface area contributed by atoms with E-state index in [9.17, 15) is 18.0 Å². The zero-order valence-electron chi connectivity index (χ0n) is 18.0. The molecule has 2 amide bonds. The maximum Gasteiger partial charge on any atom is 0.243 e. The van der Waals surface area contributed by atoms with Gasteiger partial charge in [0.25, 0.3) is 0 Å². The van der Waals surface area contributed by atoms with Gasteiger partial charge in [-0.1, -0.05) is 18.2 Å². The number of hydrogen-bond acceptors (Lipinski definition) is 6. The molecular weight excluding hydrogens is 450 g/mol. The normalized spacial score (nSPS) is 18.1. The third-order valence-electron chi connectivity index (χ3n) is 5.40. The minimum absolute atomic E-state index is 0.103. The van der Waals surface area contributed by atoms with Crippen molar-refractivity contribution in [1.29, 1.82) is 0 Å². The van der Waals surface area contributed by atoms with Gasteiger partial charge in [0.15, 0.2) is 0 Å². The first-order chi connectivity index (χ1) is 15.4. The lowest BCUT2D eigenvalue weighted by molar-refractivity contribution is -0.132. The lowest BCUT2D eigenvalue weighted by Gasteiger charge is -2.32. The summed E-state index contributed by atoms with van der Waals surface area (Å²) in [6, 6.07) is 11.0. The smallest absolute Gasteiger partial charge is 0.243 e. The van der Waals surface area contributed by atoms with E-state index in [0.717, 1.165) is 0 Å². The van der Waals surface area contributed by atoms with Gasteiger partial charge in [-0.3, -0.25) is 9.59 Å². The molecule has 1 aromatic heterocycles. The van der Waals surface area contributed by atoms with Crippen molar-refractivity contribution in [2.45, 2.75) is 36.7 Å². The van der Waals surface area contributed by atoms with Crippen molar-refractivity contribution < 1.29 is 22.4 Å².